The fourth-order valence-electron chi connectivity index (χ4n) is 1.70. The highest BCUT2D eigenvalue weighted by atomic mass is 35.7. The van der Waals surface area contributed by atoms with E-state index in [2.05, 4.69) is 0 Å². The summed E-state index contributed by atoms with van der Waals surface area (Å²) in [4.78, 5) is 11.8. The maximum absolute atomic E-state index is 11.9. The topological polar surface area (TPSA) is 69.7 Å². The molecule has 19 heavy (non-hydrogen) atoms. The molecule has 0 saturated carbocycles. The van der Waals surface area contributed by atoms with E-state index in [9.17, 15) is 13.2 Å². The predicted octanol–water partition coefficient (Wildman–Crippen LogP) is 1.79. The second-order valence-corrected chi connectivity index (χ2v) is 6.95. The highest BCUT2D eigenvalue weighted by molar-refractivity contribution is 8.13. The molecule has 0 atom stereocenters. The molecule has 1 aliphatic rings. The largest absolute Gasteiger partial charge is 0.454 e. The van der Waals surface area contributed by atoms with Crippen LogP contribution in [-0.2, 0) is 18.5 Å². The van der Waals surface area contributed by atoms with E-state index < -0.39 is 15.0 Å². The maximum atomic E-state index is 11.9. The molecule has 1 heterocycles. The van der Waals surface area contributed by atoms with E-state index in [-0.39, 0.29) is 16.6 Å². The molecule has 1 fully saturated rings. The van der Waals surface area contributed by atoms with Gasteiger partial charge in [0.05, 0.1) is 23.7 Å². The Morgan fingerprint density at radius 1 is 1.37 bits per heavy atom. The second kappa shape index (κ2) is 5.11. The molecule has 2 rings (SSSR count). The Morgan fingerprint density at radius 2 is 2.00 bits per heavy atom. The monoisotopic (exact) mass is 304 g/mol. The van der Waals surface area contributed by atoms with E-state index in [4.69, 9.17) is 20.2 Å². The van der Waals surface area contributed by atoms with Gasteiger partial charge >= 0.3 is 5.97 Å². The van der Waals surface area contributed by atoms with Crippen LogP contribution >= 0.6 is 10.7 Å². The zero-order valence-electron chi connectivity index (χ0n) is 10.5. The van der Waals surface area contributed by atoms with Crippen LogP contribution in [0.4, 0.5) is 0 Å². The van der Waals surface area contributed by atoms with E-state index in [0.717, 1.165) is 0 Å². The van der Waals surface area contributed by atoms with E-state index >= 15 is 0 Å². The van der Waals surface area contributed by atoms with Crippen molar-refractivity contribution in [3.63, 3.8) is 0 Å². The first kappa shape index (κ1) is 14.3. The molecule has 0 radical (unpaired) electrons. The smallest absolute Gasteiger partial charge is 0.338 e. The minimum Gasteiger partial charge on any atom is -0.454 e. The molecule has 0 amide bonds. The molecule has 0 bridgehead atoms. The fraction of sp³-hybridized carbons (Fsp3) is 0.417. The van der Waals surface area contributed by atoms with Crippen LogP contribution in [0.2, 0.25) is 0 Å². The molecule has 0 aromatic heterocycles. The zero-order chi connectivity index (χ0) is 14.2. The molecule has 7 heteroatoms. The molecule has 1 aliphatic heterocycles. The molecular formula is C12H13ClO5S. The lowest BCUT2D eigenvalue weighted by Crippen LogP contribution is -2.37. The average molecular weight is 305 g/mol. The summed E-state index contributed by atoms with van der Waals surface area (Å²) in [5, 5.41) is 0. The molecule has 0 N–H and O–H groups in total. The van der Waals surface area contributed by atoms with Crippen molar-refractivity contribution in [3.05, 3.63) is 28.8 Å². The second-order valence-electron chi connectivity index (χ2n) is 4.42. The highest BCUT2D eigenvalue weighted by Crippen LogP contribution is 2.25. The van der Waals surface area contributed by atoms with E-state index in [1.807, 2.05) is 0 Å². The fourth-order valence-corrected chi connectivity index (χ4v) is 2.97. The van der Waals surface area contributed by atoms with Crippen molar-refractivity contribution in [2.45, 2.75) is 24.8 Å². The zero-order valence-corrected chi connectivity index (χ0v) is 12.0. The maximum Gasteiger partial charge on any atom is 0.338 e. The van der Waals surface area contributed by atoms with Gasteiger partial charge in [-0.05, 0) is 37.1 Å². The Labute approximate surface area is 115 Å². The first-order valence-electron chi connectivity index (χ1n) is 5.63. The van der Waals surface area contributed by atoms with E-state index in [1.54, 1.807) is 19.9 Å². The van der Waals surface area contributed by atoms with Crippen molar-refractivity contribution in [1.82, 2.24) is 0 Å². The van der Waals surface area contributed by atoms with Gasteiger partial charge in [0.15, 0.2) is 0 Å². The number of ether oxygens (including phenoxy) is 2. The Kier molecular flexibility index (Phi) is 3.85. The van der Waals surface area contributed by atoms with Gasteiger partial charge in [-0.1, -0.05) is 0 Å². The Morgan fingerprint density at radius 3 is 2.47 bits per heavy atom. The first-order chi connectivity index (χ1) is 8.79. The number of esters is 1. The van der Waals surface area contributed by atoms with Gasteiger partial charge in [0, 0.05) is 10.7 Å². The van der Waals surface area contributed by atoms with Crippen molar-refractivity contribution in [2.24, 2.45) is 0 Å². The van der Waals surface area contributed by atoms with Crippen molar-refractivity contribution >= 4 is 25.7 Å². The summed E-state index contributed by atoms with van der Waals surface area (Å²) in [6.07, 6.45) is -0.259. The molecule has 104 valence electrons. The van der Waals surface area contributed by atoms with Gasteiger partial charge in [0.25, 0.3) is 9.05 Å². The minimum atomic E-state index is -3.89. The van der Waals surface area contributed by atoms with Crippen molar-refractivity contribution in [2.75, 3.05) is 13.2 Å². The van der Waals surface area contributed by atoms with Gasteiger partial charge < -0.3 is 9.47 Å². The summed E-state index contributed by atoms with van der Waals surface area (Å²) in [5.41, 5.74) is 1.37. The molecule has 1 aromatic rings. The number of carbonyl (C=O) groups is 1. The number of carbonyl (C=O) groups excluding carboxylic acids is 1. The van der Waals surface area contributed by atoms with Crippen LogP contribution in [0.15, 0.2) is 17.0 Å². The Bertz CT molecular complexity index is 619. The third kappa shape index (κ3) is 3.08. The molecule has 5 nitrogen and oxygen atoms in total. The van der Waals surface area contributed by atoms with Gasteiger partial charge in [-0.25, -0.2) is 13.2 Å². The third-order valence-electron chi connectivity index (χ3n) is 3.00. The quantitative estimate of drug-likeness (QED) is 0.629. The molecule has 0 aliphatic carbocycles. The summed E-state index contributed by atoms with van der Waals surface area (Å²) >= 11 is 0. The summed E-state index contributed by atoms with van der Waals surface area (Å²) in [6, 6.07) is 2.83. The van der Waals surface area contributed by atoms with Crippen LogP contribution < -0.4 is 0 Å². The first-order valence-corrected chi connectivity index (χ1v) is 7.94. The summed E-state index contributed by atoms with van der Waals surface area (Å²) in [7, 11) is 1.46. The number of hydrogen-bond acceptors (Lipinski definition) is 5. The van der Waals surface area contributed by atoms with Crippen LogP contribution in [-0.4, -0.2) is 33.7 Å². The van der Waals surface area contributed by atoms with E-state index in [1.165, 1.54) is 6.07 Å². The van der Waals surface area contributed by atoms with Crippen LogP contribution in [0.1, 0.15) is 21.5 Å². The Balaban J connectivity index is 2.36. The van der Waals surface area contributed by atoms with Crippen molar-refractivity contribution in [3.8, 4) is 0 Å². The van der Waals surface area contributed by atoms with Gasteiger partial charge in [-0.15, -0.1) is 0 Å². The number of halogens is 1. The normalized spacial score (nSPS) is 15.9. The number of aryl methyl sites for hydroxylation is 1. The number of benzene rings is 1. The average Bonchev–Trinajstić information content (AvgIpc) is 2.25. The van der Waals surface area contributed by atoms with Crippen LogP contribution in [0, 0.1) is 13.8 Å². The van der Waals surface area contributed by atoms with Crippen LogP contribution in [0.5, 0.6) is 0 Å². The summed E-state index contributed by atoms with van der Waals surface area (Å²) < 4.78 is 33.0. The standard InChI is InChI=1S/C12H13ClO5S/c1-7-3-9(12(14)18-10-5-17-6-10)4-11(8(7)2)19(13,15)16/h3-4,10H,5-6H2,1-2H3. The summed E-state index contributed by atoms with van der Waals surface area (Å²) in [5.74, 6) is -0.571. The molecular weight excluding hydrogens is 292 g/mol. The highest BCUT2D eigenvalue weighted by Gasteiger charge is 2.25. The molecule has 1 saturated heterocycles. The van der Waals surface area contributed by atoms with Crippen molar-refractivity contribution < 1.29 is 22.7 Å². The summed E-state index contributed by atoms with van der Waals surface area (Å²) in [6.45, 7) is 4.10. The molecule has 1 aromatic carbocycles. The van der Waals surface area contributed by atoms with Crippen LogP contribution in [0.25, 0.3) is 0 Å². The lowest BCUT2D eigenvalue weighted by Gasteiger charge is -2.25. The van der Waals surface area contributed by atoms with Crippen molar-refractivity contribution in [1.29, 1.82) is 0 Å². The SMILES string of the molecule is Cc1cc(C(=O)OC2COC2)cc(S(=O)(=O)Cl)c1C. The van der Waals surface area contributed by atoms with Crippen LogP contribution in [0.3, 0.4) is 0 Å². The molecule has 0 spiro atoms. The third-order valence-corrected chi connectivity index (χ3v) is 4.45. The van der Waals surface area contributed by atoms with Gasteiger partial charge in [0.1, 0.15) is 6.10 Å². The number of hydrogen-bond donors (Lipinski definition) is 0. The van der Waals surface area contributed by atoms with E-state index in [0.29, 0.717) is 24.3 Å². The van der Waals surface area contributed by atoms with Gasteiger partial charge in [-0.3, -0.25) is 0 Å². The lowest BCUT2D eigenvalue weighted by atomic mass is 10.1. The van der Waals surface area contributed by atoms with Gasteiger partial charge in [0.2, 0.25) is 0 Å². The molecule has 0 unspecified atom stereocenters. The van der Waals surface area contributed by atoms with Gasteiger partial charge in [-0.2, -0.15) is 0 Å². The number of rotatable bonds is 3. The lowest BCUT2D eigenvalue weighted by molar-refractivity contribution is -0.103. The minimum absolute atomic E-state index is 0.0639. The Hall–Kier alpha value is -1.11. The predicted molar refractivity (Wildman–Crippen MR) is 69.0 cm³/mol.